The molecule has 1 rings (SSSR count). The van der Waals surface area contributed by atoms with E-state index in [9.17, 15) is 4.79 Å². The van der Waals surface area contributed by atoms with Crippen LogP contribution in [0.3, 0.4) is 0 Å². The van der Waals surface area contributed by atoms with Gasteiger partial charge in [-0.2, -0.15) is 5.10 Å². The van der Waals surface area contributed by atoms with E-state index >= 15 is 0 Å². The second-order valence-electron chi connectivity index (χ2n) is 4.15. The highest BCUT2D eigenvalue weighted by atomic mass is 16.2. The smallest absolute Gasteiger partial charge is 0.239 e. The van der Waals surface area contributed by atoms with E-state index in [-0.39, 0.29) is 11.9 Å². The molecule has 0 saturated heterocycles. The molecule has 0 aliphatic rings. The maximum Gasteiger partial charge on any atom is 0.239 e. The summed E-state index contributed by atoms with van der Waals surface area (Å²) in [6.07, 6.45) is 0. The molecule has 16 heavy (non-hydrogen) atoms. The summed E-state index contributed by atoms with van der Waals surface area (Å²) in [5, 5.41) is 9.88. The van der Waals surface area contributed by atoms with Gasteiger partial charge < -0.3 is 10.2 Å². The standard InChI is InChI=1S/C11H20N4O/c1-5-15(7-11(16)12-8(2)3)10-6-9(4)13-14-10/h6,8H,5,7H2,1-4H3,(H,12,16)(H,13,14). The van der Waals surface area contributed by atoms with Gasteiger partial charge in [-0.05, 0) is 27.7 Å². The molecule has 0 atom stereocenters. The lowest BCUT2D eigenvalue weighted by Gasteiger charge is -2.20. The predicted molar refractivity (Wildman–Crippen MR) is 64.5 cm³/mol. The number of H-pyrrole nitrogens is 1. The third-order valence-corrected chi connectivity index (χ3v) is 2.18. The normalized spacial score (nSPS) is 10.6. The molecule has 1 aromatic rings. The summed E-state index contributed by atoms with van der Waals surface area (Å²) in [5.74, 6) is 0.844. The molecule has 0 fully saturated rings. The fourth-order valence-corrected chi connectivity index (χ4v) is 1.46. The number of carbonyl (C=O) groups excluding carboxylic acids is 1. The van der Waals surface area contributed by atoms with Gasteiger partial charge >= 0.3 is 0 Å². The quantitative estimate of drug-likeness (QED) is 0.786. The maximum atomic E-state index is 11.6. The lowest BCUT2D eigenvalue weighted by atomic mass is 10.3. The first-order valence-corrected chi connectivity index (χ1v) is 5.59. The van der Waals surface area contributed by atoms with Gasteiger partial charge in [0.2, 0.25) is 5.91 Å². The molecule has 0 saturated carbocycles. The van der Waals surface area contributed by atoms with E-state index in [1.807, 2.05) is 38.7 Å². The molecule has 1 amide bonds. The van der Waals surface area contributed by atoms with Crippen molar-refractivity contribution in [3.63, 3.8) is 0 Å². The van der Waals surface area contributed by atoms with Crippen LogP contribution in [-0.2, 0) is 4.79 Å². The molecule has 90 valence electrons. The third-order valence-electron chi connectivity index (χ3n) is 2.18. The van der Waals surface area contributed by atoms with Gasteiger partial charge in [0, 0.05) is 24.3 Å². The fourth-order valence-electron chi connectivity index (χ4n) is 1.46. The van der Waals surface area contributed by atoms with Crippen LogP contribution in [0.5, 0.6) is 0 Å². The van der Waals surface area contributed by atoms with Crippen LogP contribution in [0.4, 0.5) is 5.82 Å². The monoisotopic (exact) mass is 224 g/mol. The van der Waals surface area contributed by atoms with Crippen molar-refractivity contribution in [3.05, 3.63) is 11.8 Å². The summed E-state index contributed by atoms with van der Waals surface area (Å²) in [7, 11) is 0. The van der Waals surface area contributed by atoms with Gasteiger partial charge in [0.25, 0.3) is 0 Å². The van der Waals surface area contributed by atoms with Crippen molar-refractivity contribution < 1.29 is 4.79 Å². The summed E-state index contributed by atoms with van der Waals surface area (Å²) < 4.78 is 0. The summed E-state index contributed by atoms with van der Waals surface area (Å²) in [6, 6.07) is 2.11. The highest BCUT2D eigenvalue weighted by Crippen LogP contribution is 2.10. The zero-order chi connectivity index (χ0) is 12.1. The Balaban J connectivity index is 2.59. The predicted octanol–water partition coefficient (Wildman–Crippen LogP) is 1.07. The average Bonchev–Trinajstić information content (AvgIpc) is 2.60. The van der Waals surface area contributed by atoms with E-state index in [0.717, 1.165) is 18.1 Å². The molecule has 0 unspecified atom stereocenters. The first kappa shape index (κ1) is 12.5. The second-order valence-corrected chi connectivity index (χ2v) is 4.15. The summed E-state index contributed by atoms with van der Waals surface area (Å²) in [5.41, 5.74) is 0.998. The minimum absolute atomic E-state index is 0.0255. The van der Waals surface area contributed by atoms with Crippen molar-refractivity contribution in [3.8, 4) is 0 Å². The van der Waals surface area contributed by atoms with Crippen molar-refractivity contribution in [1.29, 1.82) is 0 Å². The molecule has 0 radical (unpaired) electrons. The Morgan fingerprint density at radius 1 is 1.62 bits per heavy atom. The molecule has 1 heterocycles. The lowest BCUT2D eigenvalue weighted by molar-refractivity contribution is -0.120. The van der Waals surface area contributed by atoms with Gasteiger partial charge in [0.1, 0.15) is 0 Å². The third kappa shape index (κ3) is 3.56. The minimum Gasteiger partial charge on any atom is -0.352 e. The highest BCUT2D eigenvalue weighted by Gasteiger charge is 2.12. The topological polar surface area (TPSA) is 61.0 Å². The van der Waals surface area contributed by atoms with Gasteiger partial charge in [0.15, 0.2) is 5.82 Å². The number of aromatic amines is 1. The Morgan fingerprint density at radius 2 is 2.31 bits per heavy atom. The van der Waals surface area contributed by atoms with Crippen molar-refractivity contribution in [2.45, 2.75) is 33.7 Å². The van der Waals surface area contributed by atoms with E-state index in [0.29, 0.717) is 6.54 Å². The van der Waals surface area contributed by atoms with Crippen LogP contribution < -0.4 is 10.2 Å². The number of likely N-dealkylation sites (N-methyl/N-ethyl adjacent to an activating group) is 1. The van der Waals surface area contributed by atoms with Crippen LogP contribution in [-0.4, -0.2) is 35.2 Å². The highest BCUT2D eigenvalue weighted by molar-refractivity contribution is 5.81. The van der Waals surface area contributed by atoms with Crippen LogP contribution >= 0.6 is 0 Å². The van der Waals surface area contributed by atoms with Gasteiger partial charge in [0.05, 0.1) is 6.54 Å². The molecule has 1 aromatic heterocycles. The minimum atomic E-state index is 0.0255. The van der Waals surface area contributed by atoms with Crippen molar-refractivity contribution >= 4 is 11.7 Å². The van der Waals surface area contributed by atoms with Crippen molar-refractivity contribution in [2.24, 2.45) is 0 Å². The zero-order valence-corrected chi connectivity index (χ0v) is 10.4. The van der Waals surface area contributed by atoms with Gasteiger partial charge in [-0.1, -0.05) is 0 Å². The molecule has 0 aromatic carbocycles. The van der Waals surface area contributed by atoms with Crippen LogP contribution in [0.25, 0.3) is 0 Å². The SMILES string of the molecule is CCN(CC(=O)NC(C)C)c1cc(C)[nH]n1. The molecule has 2 N–H and O–H groups in total. The van der Waals surface area contributed by atoms with E-state index in [4.69, 9.17) is 0 Å². The molecule has 0 spiro atoms. The van der Waals surface area contributed by atoms with Crippen LogP contribution in [0.2, 0.25) is 0 Å². The fraction of sp³-hybridized carbons (Fsp3) is 0.636. The number of aromatic nitrogens is 2. The van der Waals surface area contributed by atoms with E-state index in [1.54, 1.807) is 0 Å². The lowest BCUT2D eigenvalue weighted by Crippen LogP contribution is -2.40. The van der Waals surface area contributed by atoms with Crippen LogP contribution in [0.1, 0.15) is 26.5 Å². The number of carbonyl (C=O) groups is 1. The average molecular weight is 224 g/mol. The van der Waals surface area contributed by atoms with Crippen LogP contribution in [0.15, 0.2) is 6.07 Å². The van der Waals surface area contributed by atoms with Gasteiger partial charge in [-0.3, -0.25) is 9.89 Å². The Hall–Kier alpha value is -1.52. The second kappa shape index (κ2) is 5.53. The van der Waals surface area contributed by atoms with Gasteiger partial charge in [-0.25, -0.2) is 0 Å². The molecule has 0 aliphatic carbocycles. The first-order chi connectivity index (χ1) is 7.52. The van der Waals surface area contributed by atoms with Crippen LogP contribution in [0, 0.1) is 6.92 Å². The van der Waals surface area contributed by atoms with Crippen molar-refractivity contribution in [2.75, 3.05) is 18.0 Å². The maximum absolute atomic E-state index is 11.6. The Kier molecular flexibility index (Phi) is 4.34. The van der Waals surface area contributed by atoms with E-state index < -0.39 is 0 Å². The summed E-state index contributed by atoms with van der Waals surface area (Å²) in [6.45, 7) is 8.96. The zero-order valence-electron chi connectivity index (χ0n) is 10.4. The van der Waals surface area contributed by atoms with Gasteiger partial charge in [-0.15, -0.1) is 0 Å². The number of amides is 1. The van der Waals surface area contributed by atoms with Crippen molar-refractivity contribution in [1.82, 2.24) is 15.5 Å². The molecular weight excluding hydrogens is 204 g/mol. The molecule has 0 bridgehead atoms. The Morgan fingerprint density at radius 3 is 2.75 bits per heavy atom. The Labute approximate surface area is 96.2 Å². The number of aryl methyl sites for hydroxylation is 1. The van der Waals surface area contributed by atoms with E-state index in [2.05, 4.69) is 15.5 Å². The summed E-state index contributed by atoms with van der Waals surface area (Å²) in [4.78, 5) is 13.5. The number of nitrogens with zero attached hydrogens (tertiary/aromatic N) is 2. The number of hydrogen-bond acceptors (Lipinski definition) is 3. The Bertz CT molecular complexity index is 346. The number of anilines is 1. The number of rotatable bonds is 5. The van der Waals surface area contributed by atoms with E-state index in [1.165, 1.54) is 0 Å². The first-order valence-electron chi connectivity index (χ1n) is 5.59. The summed E-state index contributed by atoms with van der Waals surface area (Å²) >= 11 is 0. The molecule has 5 heteroatoms. The molecule has 0 aliphatic heterocycles. The largest absolute Gasteiger partial charge is 0.352 e. The molecular formula is C11H20N4O. The number of nitrogens with one attached hydrogen (secondary N) is 2. The number of hydrogen-bond donors (Lipinski definition) is 2. The molecule has 5 nitrogen and oxygen atoms in total.